The number of hydrogen-bond donors (Lipinski definition) is 1. The van der Waals surface area contributed by atoms with E-state index in [9.17, 15) is 5.11 Å². The lowest BCUT2D eigenvalue weighted by Gasteiger charge is -2.40. The first-order valence-corrected chi connectivity index (χ1v) is 7.82. The molecule has 0 spiro atoms. The maximum Gasteiger partial charge on any atom is 0.0583 e. The van der Waals surface area contributed by atoms with E-state index < -0.39 is 0 Å². The summed E-state index contributed by atoms with van der Waals surface area (Å²) in [7, 11) is 0. The quantitative estimate of drug-likeness (QED) is 0.740. The summed E-state index contributed by atoms with van der Waals surface area (Å²) in [6.45, 7) is 6.13. The lowest BCUT2D eigenvalue weighted by molar-refractivity contribution is 0.0297. The number of ether oxygens (including phenoxy) is 1. The van der Waals surface area contributed by atoms with Crippen LogP contribution in [-0.4, -0.2) is 48.5 Å². The molecule has 0 aromatic rings. The number of rotatable bonds is 6. The minimum atomic E-state index is -0.0394. The standard InChI is InChI=1S/C15H29NO2/c1-2-18-12-6-11-16-10-4-3-8-14(16)13-7-5-9-15(13)17/h13-15,17H,2-12H2,1H3. The molecule has 3 unspecified atom stereocenters. The van der Waals surface area contributed by atoms with Gasteiger partial charge in [0.15, 0.2) is 0 Å². The van der Waals surface area contributed by atoms with Crippen molar-refractivity contribution in [1.29, 1.82) is 0 Å². The van der Waals surface area contributed by atoms with Gasteiger partial charge in [0.25, 0.3) is 0 Å². The van der Waals surface area contributed by atoms with Crippen LogP contribution in [0.2, 0.25) is 0 Å². The van der Waals surface area contributed by atoms with E-state index in [1.807, 2.05) is 0 Å². The zero-order chi connectivity index (χ0) is 12.8. The molecule has 18 heavy (non-hydrogen) atoms. The first kappa shape index (κ1) is 14.3. The Balaban J connectivity index is 1.81. The first-order valence-electron chi connectivity index (χ1n) is 7.82. The molecule has 1 N–H and O–H groups in total. The van der Waals surface area contributed by atoms with Gasteiger partial charge in [0.05, 0.1) is 6.10 Å². The summed E-state index contributed by atoms with van der Waals surface area (Å²) in [5, 5.41) is 10.1. The molecule has 0 radical (unpaired) electrons. The highest BCUT2D eigenvalue weighted by Gasteiger charge is 2.36. The third kappa shape index (κ3) is 3.69. The Bertz CT molecular complexity index is 235. The van der Waals surface area contributed by atoms with Crippen LogP contribution in [0.5, 0.6) is 0 Å². The molecule has 2 aliphatic rings. The maximum absolute atomic E-state index is 10.1. The SMILES string of the molecule is CCOCCCN1CCCCC1C1CCCC1O. The van der Waals surface area contributed by atoms with Gasteiger partial charge in [-0.1, -0.05) is 12.8 Å². The fourth-order valence-corrected chi connectivity index (χ4v) is 3.71. The van der Waals surface area contributed by atoms with Crippen LogP contribution < -0.4 is 0 Å². The van der Waals surface area contributed by atoms with Crippen molar-refractivity contribution in [2.75, 3.05) is 26.3 Å². The molecular formula is C15H29NO2. The third-order valence-electron chi connectivity index (χ3n) is 4.63. The normalized spacial score (nSPS) is 34.0. The summed E-state index contributed by atoms with van der Waals surface area (Å²) in [4.78, 5) is 2.63. The Morgan fingerprint density at radius 3 is 2.78 bits per heavy atom. The average molecular weight is 255 g/mol. The van der Waals surface area contributed by atoms with E-state index in [0.29, 0.717) is 12.0 Å². The van der Waals surface area contributed by atoms with Gasteiger partial charge < -0.3 is 9.84 Å². The largest absolute Gasteiger partial charge is 0.393 e. The molecular weight excluding hydrogens is 226 g/mol. The Labute approximate surface area is 112 Å². The van der Waals surface area contributed by atoms with Gasteiger partial charge in [-0.3, -0.25) is 4.90 Å². The molecule has 3 nitrogen and oxygen atoms in total. The average Bonchev–Trinajstić information content (AvgIpc) is 2.81. The molecule has 0 amide bonds. The second kappa shape index (κ2) is 7.46. The van der Waals surface area contributed by atoms with Crippen molar-refractivity contribution < 1.29 is 9.84 Å². The fourth-order valence-electron chi connectivity index (χ4n) is 3.71. The van der Waals surface area contributed by atoms with Crippen molar-refractivity contribution in [3.05, 3.63) is 0 Å². The van der Waals surface area contributed by atoms with Gasteiger partial charge >= 0.3 is 0 Å². The maximum atomic E-state index is 10.1. The van der Waals surface area contributed by atoms with Gasteiger partial charge in [0.1, 0.15) is 0 Å². The molecule has 1 saturated carbocycles. The molecule has 2 rings (SSSR count). The van der Waals surface area contributed by atoms with Gasteiger partial charge in [-0.2, -0.15) is 0 Å². The molecule has 0 aromatic heterocycles. The molecule has 3 atom stereocenters. The van der Waals surface area contributed by atoms with Crippen LogP contribution >= 0.6 is 0 Å². The van der Waals surface area contributed by atoms with Gasteiger partial charge in [-0.05, 0) is 45.6 Å². The molecule has 1 saturated heterocycles. The second-order valence-corrected chi connectivity index (χ2v) is 5.81. The van der Waals surface area contributed by atoms with Crippen molar-refractivity contribution in [2.45, 2.75) is 64.0 Å². The van der Waals surface area contributed by atoms with Crippen LogP contribution in [0.15, 0.2) is 0 Å². The minimum absolute atomic E-state index is 0.0394. The predicted octanol–water partition coefficient (Wildman–Crippen LogP) is 2.43. The summed E-state index contributed by atoms with van der Waals surface area (Å²) in [6.07, 6.45) is 8.52. The number of piperidine rings is 1. The lowest BCUT2D eigenvalue weighted by Crippen LogP contribution is -2.46. The van der Waals surface area contributed by atoms with E-state index >= 15 is 0 Å². The number of aliphatic hydroxyl groups excluding tert-OH is 1. The van der Waals surface area contributed by atoms with Crippen molar-refractivity contribution in [2.24, 2.45) is 5.92 Å². The Morgan fingerprint density at radius 2 is 2.06 bits per heavy atom. The van der Waals surface area contributed by atoms with Crippen LogP contribution in [0.4, 0.5) is 0 Å². The summed E-state index contributed by atoms with van der Waals surface area (Å²) < 4.78 is 5.43. The number of aliphatic hydroxyl groups is 1. The molecule has 0 bridgehead atoms. The zero-order valence-corrected chi connectivity index (χ0v) is 11.8. The van der Waals surface area contributed by atoms with Gasteiger partial charge in [0.2, 0.25) is 0 Å². The minimum Gasteiger partial charge on any atom is -0.393 e. The van der Waals surface area contributed by atoms with Crippen LogP contribution in [0.25, 0.3) is 0 Å². The van der Waals surface area contributed by atoms with E-state index in [1.54, 1.807) is 0 Å². The van der Waals surface area contributed by atoms with Crippen molar-refractivity contribution in [1.82, 2.24) is 4.90 Å². The highest BCUT2D eigenvalue weighted by Crippen LogP contribution is 2.35. The molecule has 1 heterocycles. The van der Waals surface area contributed by atoms with E-state index in [4.69, 9.17) is 4.74 Å². The lowest BCUT2D eigenvalue weighted by atomic mass is 9.87. The topological polar surface area (TPSA) is 32.7 Å². The van der Waals surface area contributed by atoms with E-state index in [-0.39, 0.29) is 6.10 Å². The van der Waals surface area contributed by atoms with Gasteiger partial charge in [0, 0.05) is 31.7 Å². The van der Waals surface area contributed by atoms with Crippen LogP contribution in [0.3, 0.4) is 0 Å². The summed E-state index contributed by atoms with van der Waals surface area (Å²) >= 11 is 0. The van der Waals surface area contributed by atoms with Gasteiger partial charge in [-0.15, -0.1) is 0 Å². The molecule has 1 aliphatic heterocycles. The summed E-state index contributed by atoms with van der Waals surface area (Å²) in [5.74, 6) is 0.539. The fraction of sp³-hybridized carbons (Fsp3) is 1.00. The Kier molecular flexibility index (Phi) is 5.93. The molecule has 106 valence electrons. The summed E-state index contributed by atoms with van der Waals surface area (Å²) in [6, 6.07) is 0.637. The highest BCUT2D eigenvalue weighted by atomic mass is 16.5. The molecule has 1 aliphatic carbocycles. The highest BCUT2D eigenvalue weighted by molar-refractivity contribution is 4.90. The monoisotopic (exact) mass is 255 g/mol. The smallest absolute Gasteiger partial charge is 0.0583 e. The molecule has 2 fully saturated rings. The first-order chi connectivity index (χ1) is 8.83. The van der Waals surface area contributed by atoms with Crippen molar-refractivity contribution in [3.8, 4) is 0 Å². The van der Waals surface area contributed by atoms with Crippen LogP contribution in [0, 0.1) is 5.92 Å². The number of nitrogens with zero attached hydrogens (tertiary/aromatic N) is 1. The van der Waals surface area contributed by atoms with Gasteiger partial charge in [-0.25, -0.2) is 0 Å². The molecule has 0 aromatic carbocycles. The van der Waals surface area contributed by atoms with Crippen LogP contribution in [-0.2, 0) is 4.74 Å². The van der Waals surface area contributed by atoms with E-state index in [0.717, 1.165) is 32.6 Å². The van der Waals surface area contributed by atoms with Crippen molar-refractivity contribution in [3.63, 3.8) is 0 Å². The van der Waals surface area contributed by atoms with Crippen LogP contribution in [0.1, 0.15) is 51.9 Å². The summed E-state index contributed by atoms with van der Waals surface area (Å²) in [5.41, 5.74) is 0. The molecule has 3 heteroatoms. The van der Waals surface area contributed by atoms with Crippen molar-refractivity contribution >= 4 is 0 Å². The predicted molar refractivity (Wildman–Crippen MR) is 73.7 cm³/mol. The second-order valence-electron chi connectivity index (χ2n) is 5.81. The Hall–Kier alpha value is -0.120. The van der Waals surface area contributed by atoms with E-state index in [2.05, 4.69) is 11.8 Å². The zero-order valence-electron chi connectivity index (χ0n) is 11.8. The number of likely N-dealkylation sites (tertiary alicyclic amines) is 1. The van der Waals surface area contributed by atoms with E-state index in [1.165, 1.54) is 38.6 Å². The third-order valence-corrected chi connectivity index (χ3v) is 4.63. The Morgan fingerprint density at radius 1 is 1.17 bits per heavy atom. The number of hydrogen-bond acceptors (Lipinski definition) is 3.